The van der Waals surface area contributed by atoms with E-state index in [-0.39, 0.29) is 11.8 Å². The summed E-state index contributed by atoms with van der Waals surface area (Å²) < 4.78 is 5.37. The van der Waals surface area contributed by atoms with Crippen molar-refractivity contribution in [2.45, 2.75) is 12.7 Å². The molecule has 2 amide bonds. The summed E-state index contributed by atoms with van der Waals surface area (Å²) in [5, 5.41) is 9.00. The van der Waals surface area contributed by atoms with Gasteiger partial charge in [-0.1, -0.05) is 29.8 Å². The van der Waals surface area contributed by atoms with Crippen molar-refractivity contribution in [1.29, 1.82) is 5.26 Å². The minimum atomic E-state index is -0.370. The first kappa shape index (κ1) is 18.8. The number of hydrogen-bond acceptors (Lipinski definition) is 5. The summed E-state index contributed by atoms with van der Waals surface area (Å²) in [6, 6.07) is 19.6. The number of nitriles is 1. The van der Waals surface area contributed by atoms with Crippen LogP contribution in [0.15, 0.2) is 76.2 Å². The minimum Gasteiger partial charge on any atom is -0.468 e. The Morgan fingerprint density at radius 3 is 2.34 bits per heavy atom. The van der Waals surface area contributed by atoms with Crippen LogP contribution in [0.1, 0.15) is 22.5 Å². The van der Waals surface area contributed by atoms with Crippen molar-refractivity contribution in [2.75, 3.05) is 4.90 Å². The third-order valence-electron chi connectivity index (χ3n) is 4.58. The number of carbonyl (C=O) groups is 2. The Balaban J connectivity index is 1.74. The van der Waals surface area contributed by atoms with Crippen LogP contribution in [0.25, 0.3) is 5.57 Å². The fourth-order valence-electron chi connectivity index (χ4n) is 3.08. The quantitative estimate of drug-likeness (QED) is 0.582. The lowest BCUT2D eigenvalue weighted by atomic mass is 10.0. The summed E-state index contributed by atoms with van der Waals surface area (Å²) in [7, 11) is 0. The number of thioether (sulfide) groups is 1. The zero-order valence-corrected chi connectivity index (χ0v) is 16.4. The van der Waals surface area contributed by atoms with Crippen LogP contribution in [0.5, 0.6) is 0 Å². The SMILES string of the molecule is Cc1ccc(C2=C(SCc3ccco3)C(=O)N(c3ccc(C#N)cc3)C2=O)cc1. The third kappa shape index (κ3) is 3.60. The predicted octanol–water partition coefficient (Wildman–Crippen LogP) is 4.68. The number of hydrogen-bond donors (Lipinski definition) is 0. The average molecular weight is 400 g/mol. The molecule has 2 aromatic carbocycles. The molecule has 29 heavy (non-hydrogen) atoms. The van der Waals surface area contributed by atoms with Crippen LogP contribution in [0.2, 0.25) is 0 Å². The minimum absolute atomic E-state index is 0.369. The molecule has 0 unspecified atom stereocenters. The summed E-state index contributed by atoms with van der Waals surface area (Å²) in [5.41, 5.74) is 3.06. The molecule has 5 nitrogen and oxygen atoms in total. The number of carbonyl (C=O) groups excluding carboxylic acids is 2. The van der Waals surface area contributed by atoms with Crippen molar-refractivity contribution in [1.82, 2.24) is 0 Å². The summed E-state index contributed by atoms with van der Waals surface area (Å²) >= 11 is 1.29. The number of imide groups is 1. The van der Waals surface area contributed by atoms with Gasteiger partial charge < -0.3 is 4.42 Å². The molecule has 3 aromatic rings. The standard InChI is InChI=1S/C23H16N2O3S/c1-15-4-8-17(9-5-15)20-21(29-14-19-3-2-12-28-19)23(27)25(22(20)26)18-10-6-16(13-24)7-11-18/h2-12H,14H2,1H3. The molecule has 0 bridgehead atoms. The van der Waals surface area contributed by atoms with E-state index in [1.165, 1.54) is 16.7 Å². The van der Waals surface area contributed by atoms with Crippen molar-refractivity contribution in [3.8, 4) is 6.07 Å². The lowest BCUT2D eigenvalue weighted by Crippen LogP contribution is -2.31. The second-order valence-electron chi connectivity index (χ2n) is 6.54. The van der Waals surface area contributed by atoms with Gasteiger partial charge in [-0.2, -0.15) is 5.26 Å². The summed E-state index contributed by atoms with van der Waals surface area (Å²) in [5.74, 6) is 0.429. The predicted molar refractivity (Wildman–Crippen MR) is 112 cm³/mol. The second-order valence-corrected chi connectivity index (χ2v) is 7.53. The van der Waals surface area contributed by atoms with Gasteiger partial charge in [0.15, 0.2) is 0 Å². The van der Waals surface area contributed by atoms with Gasteiger partial charge in [0.1, 0.15) is 5.76 Å². The molecule has 1 aliphatic heterocycles. The highest BCUT2D eigenvalue weighted by Gasteiger charge is 2.40. The number of anilines is 1. The highest BCUT2D eigenvalue weighted by molar-refractivity contribution is 8.03. The molecule has 0 radical (unpaired) electrons. The number of aryl methyl sites for hydroxylation is 1. The van der Waals surface area contributed by atoms with Gasteiger partial charge in [0.05, 0.1) is 39.8 Å². The number of rotatable bonds is 5. The van der Waals surface area contributed by atoms with E-state index in [2.05, 4.69) is 0 Å². The topological polar surface area (TPSA) is 74.3 Å². The molecule has 0 aliphatic carbocycles. The van der Waals surface area contributed by atoms with E-state index in [1.807, 2.05) is 43.3 Å². The molecule has 1 aliphatic rings. The maximum atomic E-state index is 13.3. The van der Waals surface area contributed by atoms with Crippen LogP contribution in [-0.2, 0) is 15.3 Å². The first-order valence-corrected chi connectivity index (χ1v) is 9.92. The fraction of sp³-hybridized carbons (Fsp3) is 0.0870. The number of furan rings is 1. The van der Waals surface area contributed by atoms with Crippen LogP contribution in [0.3, 0.4) is 0 Å². The molecule has 0 N–H and O–H groups in total. The molecular formula is C23H16N2O3S. The highest BCUT2D eigenvalue weighted by Crippen LogP contribution is 2.39. The van der Waals surface area contributed by atoms with E-state index >= 15 is 0 Å². The molecule has 0 spiro atoms. The van der Waals surface area contributed by atoms with Gasteiger partial charge in [-0.15, -0.1) is 11.8 Å². The van der Waals surface area contributed by atoms with E-state index < -0.39 is 0 Å². The van der Waals surface area contributed by atoms with E-state index in [0.29, 0.717) is 33.0 Å². The zero-order chi connectivity index (χ0) is 20.4. The van der Waals surface area contributed by atoms with Crippen molar-refractivity contribution >= 4 is 34.8 Å². The average Bonchev–Trinajstić information content (AvgIpc) is 3.34. The Morgan fingerprint density at radius 1 is 1.00 bits per heavy atom. The number of amides is 2. The Kier molecular flexibility index (Phi) is 5.07. The normalized spacial score (nSPS) is 13.9. The molecule has 0 saturated carbocycles. The van der Waals surface area contributed by atoms with Gasteiger partial charge in [0.2, 0.25) is 0 Å². The lowest BCUT2D eigenvalue weighted by Gasteiger charge is -2.15. The molecular weight excluding hydrogens is 384 g/mol. The second kappa shape index (κ2) is 7.82. The molecule has 0 fully saturated rings. The summed E-state index contributed by atoms with van der Waals surface area (Å²) in [6.45, 7) is 1.97. The maximum Gasteiger partial charge on any atom is 0.272 e. The monoisotopic (exact) mass is 400 g/mol. The smallest absolute Gasteiger partial charge is 0.272 e. The highest BCUT2D eigenvalue weighted by atomic mass is 32.2. The first-order chi connectivity index (χ1) is 14.1. The van der Waals surface area contributed by atoms with Crippen molar-refractivity contribution in [2.24, 2.45) is 0 Å². The molecule has 0 saturated heterocycles. The first-order valence-electron chi connectivity index (χ1n) is 8.94. The van der Waals surface area contributed by atoms with Crippen LogP contribution in [-0.4, -0.2) is 11.8 Å². The number of nitrogens with zero attached hydrogens (tertiary/aromatic N) is 2. The molecule has 4 rings (SSSR count). The molecule has 1 aromatic heterocycles. The largest absolute Gasteiger partial charge is 0.468 e. The Hall–Kier alpha value is -3.56. The van der Waals surface area contributed by atoms with Crippen molar-refractivity contribution in [3.63, 3.8) is 0 Å². The Labute approximate surface area is 172 Å². The van der Waals surface area contributed by atoms with E-state index in [0.717, 1.165) is 11.3 Å². The lowest BCUT2D eigenvalue weighted by molar-refractivity contribution is -0.119. The van der Waals surface area contributed by atoms with Gasteiger partial charge in [0.25, 0.3) is 11.8 Å². The zero-order valence-electron chi connectivity index (χ0n) is 15.6. The maximum absolute atomic E-state index is 13.3. The van der Waals surface area contributed by atoms with Crippen LogP contribution < -0.4 is 4.90 Å². The van der Waals surface area contributed by atoms with Crippen LogP contribution >= 0.6 is 11.8 Å². The third-order valence-corrected chi connectivity index (χ3v) is 5.67. The van der Waals surface area contributed by atoms with E-state index in [1.54, 1.807) is 36.6 Å². The summed E-state index contributed by atoms with van der Waals surface area (Å²) in [6.07, 6.45) is 1.58. The number of benzene rings is 2. The van der Waals surface area contributed by atoms with Gasteiger partial charge in [0, 0.05) is 0 Å². The van der Waals surface area contributed by atoms with Gasteiger partial charge >= 0.3 is 0 Å². The van der Waals surface area contributed by atoms with Crippen molar-refractivity contribution in [3.05, 3.63) is 94.3 Å². The van der Waals surface area contributed by atoms with Crippen molar-refractivity contribution < 1.29 is 14.0 Å². The Bertz CT molecular complexity index is 1140. The summed E-state index contributed by atoms with van der Waals surface area (Å²) in [4.78, 5) is 28.0. The fourth-order valence-corrected chi connectivity index (χ4v) is 4.09. The Morgan fingerprint density at radius 2 is 1.72 bits per heavy atom. The van der Waals surface area contributed by atoms with Crippen LogP contribution in [0, 0.1) is 18.3 Å². The van der Waals surface area contributed by atoms with Gasteiger partial charge in [-0.25, -0.2) is 4.90 Å². The van der Waals surface area contributed by atoms with Gasteiger partial charge in [-0.05, 0) is 48.9 Å². The van der Waals surface area contributed by atoms with Crippen LogP contribution in [0.4, 0.5) is 5.69 Å². The molecule has 0 atom stereocenters. The molecule has 6 heteroatoms. The van der Waals surface area contributed by atoms with E-state index in [9.17, 15) is 9.59 Å². The molecule has 2 heterocycles. The van der Waals surface area contributed by atoms with E-state index in [4.69, 9.17) is 9.68 Å². The van der Waals surface area contributed by atoms with Gasteiger partial charge in [-0.3, -0.25) is 9.59 Å². The molecule has 142 valence electrons.